The first-order valence-electron chi connectivity index (χ1n) is 6.69. The molecule has 0 saturated heterocycles. The van der Waals surface area contributed by atoms with Crippen molar-refractivity contribution in [2.45, 2.75) is 5.16 Å². The first-order valence-corrected chi connectivity index (χ1v) is 11.5. The minimum absolute atomic E-state index is 0.0659. The summed E-state index contributed by atoms with van der Waals surface area (Å²) in [4.78, 5) is 19.0. The second-order valence-corrected chi connectivity index (χ2v) is 10.2. The highest BCUT2D eigenvalue weighted by atomic mass is 32.2. The Hall–Kier alpha value is -1.16. The van der Waals surface area contributed by atoms with Crippen LogP contribution in [0.5, 0.6) is 0 Å². The van der Waals surface area contributed by atoms with Crippen LogP contribution in [0.2, 0.25) is 0 Å². The van der Waals surface area contributed by atoms with Crippen LogP contribution in [0.15, 0.2) is 32.8 Å². The zero-order valence-corrected chi connectivity index (χ0v) is 15.7. The van der Waals surface area contributed by atoms with Gasteiger partial charge in [-0.25, -0.2) is 13.4 Å². The minimum Gasteiger partial charge on any atom is -0.290 e. The number of hydrogen-bond donors (Lipinski definition) is 0. The van der Waals surface area contributed by atoms with Crippen LogP contribution in [-0.4, -0.2) is 35.7 Å². The number of rotatable bonds is 5. The average molecular weight is 387 g/mol. The maximum Gasteiger partial charge on any atom is 0.263 e. The van der Waals surface area contributed by atoms with E-state index in [0.717, 1.165) is 10.4 Å². The summed E-state index contributed by atoms with van der Waals surface area (Å²) in [5.41, 5.74) is 0.822. The molecule has 0 fully saturated rings. The maximum atomic E-state index is 12.7. The third-order valence-electron chi connectivity index (χ3n) is 3.25. The molecule has 3 rings (SSSR count). The standard InChI is InChI=1S/C14H14N2O3S4/c1-16-13(17)11-9(10-4-3-5-20-10)8-22-12(11)15-14(16)21-6-7-23(2,18)19/h3-5,8H,6-7H2,1-2H3. The van der Waals surface area contributed by atoms with Gasteiger partial charge in [-0.3, -0.25) is 9.36 Å². The van der Waals surface area contributed by atoms with E-state index in [4.69, 9.17) is 0 Å². The lowest BCUT2D eigenvalue weighted by molar-refractivity contribution is 0.603. The number of nitrogens with zero attached hydrogens (tertiary/aromatic N) is 2. The van der Waals surface area contributed by atoms with Gasteiger partial charge in [0.15, 0.2) is 5.16 Å². The molecule has 0 aliphatic heterocycles. The molecular formula is C14H14N2O3S4. The van der Waals surface area contributed by atoms with Gasteiger partial charge < -0.3 is 0 Å². The molecule has 122 valence electrons. The molecule has 0 bridgehead atoms. The van der Waals surface area contributed by atoms with E-state index in [9.17, 15) is 13.2 Å². The van der Waals surface area contributed by atoms with Crippen LogP contribution in [0.3, 0.4) is 0 Å². The molecule has 9 heteroatoms. The highest BCUT2D eigenvalue weighted by molar-refractivity contribution is 8.00. The Labute approximate surface area is 145 Å². The molecule has 0 saturated carbocycles. The summed E-state index contributed by atoms with van der Waals surface area (Å²) >= 11 is 4.32. The zero-order valence-electron chi connectivity index (χ0n) is 12.5. The predicted octanol–water partition coefficient (Wildman–Crippen LogP) is 2.86. The second-order valence-electron chi connectivity index (χ2n) is 5.04. The molecule has 0 N–H and O–H groups in total. The van der Waals surface area contributed by atoms with Crippen molar-refractivity contribution >= 4 is 54.5 Å². The van der Waals surface area contributed by atoms with Crippen molar-refractivity contribution in [2.75, 3.05) is 17.8 Å². The van der Waals surface area contributed by atoms with Gasteiger partial charge in [0.1, 0.15) is 14.7 Å². The molecule has 0 radical (unpaired) electrons. The molecule has 23 heavy (non-hydrogen) atoms. The van der Waals surface area contributed by atoms with Crippen LogP contribution in [0.25, 0.3) is 20.7 Å². The summed E-state index contributed by atoms with van der Waals surface area (Å²) in [5.74, 6) is 0.449. The van der Waals surface area contributed by atoms with Crippen molar-refractivity contribution in [1.29, 1.82) is 0 Å². The topological polar surface area (TPSA) is 69.0 Å². The number of thioether (sulfide) groups is 1. The van der Waals surface area contributed by atoms with Crippen molar-refractivity contribution in [2.24, 2.45) is 7.05 Å². The van der Waals surface area contributed by atoms with E-state index in [1.165, 1.54) is 33.9 Å². The monoisotopic (exact) mass is 386 g/mol. The van der Waals surface area contributed by atoms with Gasteiger partial charge in [-0.15, -0.1) is 22.7 Å². The Kier molecular flexibility index (Phi) is 4.63. The molecule has 0 aliphatic rings. The third kappa shape index (κ3) is 3.52. The van der Waals surface area contributed by atoms with Gasteiger partial charge in [-0.2, -0.15) is 0 Å². The Morgan fingerprint density at radius 3 is 2.78 bits per heavy atom. The fraction of sp³-hybridized carbons (Fsp3) is 0.286. The summed E-state index contributed by atoms with van der Waals surface area (Å²) in [6.45, 7) is 0. The van der Waals surface area contributed by atoms with Gasteiger partial charge in [-0.1, -0.05) is 17.8 Å². The van der Waals surface area contributed by atoms with Crippen LogP contribution < -0.4 is 5.56 Å². The highest BCUT2D eigenvalue weighted by Crippen LogP contribution is 2.34. The van der Waals surface area contributed by atoms with Crippen molar-refractivity contribution in [3.8, 4) is 10.4 Å². The molecular weight excluding hydrogens is 372 g/mol. The quantitative estimate of drug-likeness (QED) is 0.498. The van der Waals surface area contributed by atoms with E-state index in [-0.39, 0.29) is 11.3 Å². The molecule has 5 nitrogen and oxygen atoms in total. The van der Waals surface area contributed by atoms with Crippen molar-refractivity contribution in [3.05, 3.63) is 33.2 Å². The summed E-state index contributed by atoms with van der Waals surface area (Å²) < 4.78 is 23.9. The van der Waals surface area contributed by atoms with Gasteiger partial charge in [0.2, 0.25) is 0 Å². The van der Waals surface area contributed by atoms with E-state index in [2.05, 4.69) is 4.98 Å². The maximum absolute atomic E-state index is 12.7. The molecule has 0 unspecified atom stereocenters. The van der Waals surface area contributed by atoms with Crippen LogP contribution >= 0.6 is 34.4 Å². The van der Waals surface area contributed by atoms with E-state index in [0.29, 0.717) is 21.1 Å². The van der Waals surface area contributed by atoms with Gasteiger partial charge in [-0.05, 0) is 11.4 Å². The number of thiophene rings is 2. The van der Waals surface area contributed by atoms with Gasteiger partial charge in [0, 0.05) is 34.9 Å². The highest BCUT2D eigenvalue weighted by Gasteiger charge is 2.16. The van der Waals surface area contributed by atoms with Crippen LogP contribution in [-0.2, 0) is 16.9 Å². The Balaban J connectivity index is 2.01. The van der Waals surface area contributed by atoms with Gasteiger partial charge >= 0.3 is 0 Å². The van der Waals surface area contributed by atoms with Crippen molar-refractivity contribution < 1.29 is 8.42 Å². The number of aromatic nitrogens is 2. The summed E-state index contributed by atoms with van der Waals surface area (Å²) in [6.07, 6.45) is 1.20. The van der Waals surface area contributed by atoms with E-state index < -0.39 is 9.84 Å². The predicted molar refractivity (Wildman–Crippen MR) is 98.6 cm³/mol. The summed E-state index contributed by atoms with van der Waals surface area (Å²) in [5, 5.41) is 5.11. The lowest BCUT2D eigenvalue weighted by Gasteiger charge is -2.07. The van der Waals surface area contributed by atoms with E-state index in [1.807, 2.05) is 22.9 Å². The first kappa shape index (κ1) is 16.7. The average Bonchev–Trinajstić information content (AvgIpc) is 3.11. The Bertz CT molecular complexity index is 1000. The molecule has 0 aliphatic carbocycles. The number of fused-ring (bicyclic) bond motifs is 1. The number of sulfone groups is 1. The Morgan fingerprint density at radius 1 is 1.35 bits per heavy atom. The smallest absolute Gasteiger partial charge is 0.263 e. The Morgan fingerprint density at radius 2 is 2.13 bits per heavy atom. The molecule has 0 amide bonds. The van der Waals surface area contributed by atoms with Crippen molar-refractivity contribution in [3.63, 3.8) is 0 Å². The lowest BCUT2D eigenvalue weighted by Crippen LogP contribution is -2.20. The first-order chi connectivity index (χ1) is 10.9. The third-order valence-corrected chi connectivity index (χ3v) is 7.26. The van der Waals surface area contributed by atoms with Gasteiger partial charge in [0.05, 0.1) is 11.1 Å². The molecule has 3 aromatic rings. The lowest BCUT2D eigenvalue weighted by atomic mass is 10.2. The van der Waals surface area contributed by atoms with Gasteiger partial charge in [0.25, 0.3) is 5.56 Å². The van der Waals surface area contributed by atoms with Crippen LogP contribution in [0.1, 0.15) is 0 Å². The largest absolute Gasteiger partial charge is 0.290 e. The van der Waals surface area contributed by atoms with E-state index in [1.54, 1.807) is 18.4 Å². The van der Waals surface area contributed by atoms with Crippen LogP contribution in [0, 0.1) is 0 Å². The molecule has 0 spiro atoms. The van der Waals surface area contributed by atoms with Crippen molar-refractivity contribution in [1.82, 2.24) is 9.55 Å². The summed E-state index contributed by atoms with van der Waals surface area (Å²) in [6, 6.07) is 3.94. The fourth-order valence-corrected chi connectivity index (χ4v) is 6.05. The molecule has 0 atom stereocenters. The molecule has 3 aromatic heterocycles. The normalized spacial score (nSPS) is 12.1. The van der Waals surface area contributed by atoms with E-state index >= 15 is 0 Å². The second kappa shape index (κ2) is 6.39. The fourth-order valence-electron chi connectivity index (χ4n) is 2.08. The molecule has 0 aromatic carbocycles. The zero-order chi connectivity index (χ0) is 16.6. The SMILES string of the molecule is Cn1c(SCCS(C)(=O)=O)nc2scc(-c3cccs3)c2c1=O. The summed E-state index contributed by atoms with van der Waals surface area (Å²) in [7, 11) is -1.34. The van der Waals surface area contributed by atoms with Crippen LogP contribution in [0.4, 0.5) is 0 Å². The number of hydrogen-bond acceptors (Lipinski definition) is 7. The minimum atomic E-state index is -3.02. The molecule has 3 heterocycles.